The fourth-order valence-corrected chi connectivity index (χ4v) is 6.32. The van der Waals surface area contributed by atoms with Crippen LogP contribution in [0.25, 0.3) is 28.0 Å². The number of carbonyl (C=O) groups is 1. The largest absolute Gasteiger partial charge is 0.507 e. The minimum absolute atomic E-state index is 0.0393. The number of alkyl halides is 1. The highest BCUT2D eigenvalue weighted by Crippen LogP contribution is 2.44. The first-order valence-corrected chi connectivity index (χ1v) is 15.3. The molecule has 1 aromatic carbocycles. The maximum absolute atomic E-state index is 14.1. The topological polar surface area (TPSA) is 114 Å². The number of halogens is 1. The predicted octanol–water partition coefficient (Wildman–Crippen LogP) is 4.69. The average molecular weight is 634 g/mol. The van der Waals surface area contributed by atoms with Gasteiger partial charge in [-0.3, -0.25) is 9.78 Å². The molecule has 4 aromatic rings. The molecule has 2 aliphatic rings. The summed E-state index contributed by atoms with van der Waals surface area (Å²) in [4.78, 5) is 45.0. The molecule has 1 atom stereocenters. The summed E-state index contributed by atoms with van der Waals surface area (Å²) < 4.78 is 7.69. The third-order valence-electron chi connectivity index (χ3n) is 8.05. The van der Waals surface area contributed by atoms with Crippen LogP contribution in [-0.4, -0.2) is 66.4 Å². The molecule has 1 saturated heterocycles. The smallest absolute Gasteiger partial charge is 0.355 e. The van der Waals surface area contributed by atoms with E-state index in [4.69, 9.17) is 9.72 Å². The number of benzene rings is 1. The molecular formula is C31H33BrN6O4. The number of anilines is 1. The normalized spacial score (nSPS) is 16.4. The Bertz CT molecular complexity index is 1770. The van der Waals surface area contributed by atoms with Gasteiger partial charge in [0, 0.05) is 49.2 Å². The summed E-state index contributed by atoms with van der Waals surface area (Å²) in [7, 11) is 0. The van der Waals surface area contributed by atoms with Gasteiger partial charge in [-0.2, -0.15) is 4.98 Å². The number of amides is 1. The maximum Gasteiger partial charge on any atom is 0.355 e. The minimum atomic E-state index is -0.470. The summed E-state index contributed by atoms with van der Waals surface area (Å²) in [6.45, 7) is 9.91. The molecule has 0 spiro atoms. The second-order valence-corrected chi connectivity index (χ2v) is 12.0. The minimum Gasteiger partial charge on any atom is -0.507 e. The number of piperazine rings is 1. The Morgan fingerprint density at radius 2 is 2.02 bits per heavy atom. The van der Waals surface area contributed by atoms with Crippen molar-refractivity contribution < 1.29 is 14.6 Å². The molecule has 1 amide bonds. The van der Waals surface area contributed by atoms with Gasteiger partial charge in [0.2, 0.25) is 5.91 Å². The summed E-state index contributed by atoms with van der Waals surface area (Å²) in [5.74, 6) is 1.25. The molecule has 0 bridgehead atoms. The van der Waals surface area contributed by atoms with E-state index in [1.807, 2.05) is 50.8 Å². The monoisotopic (exact) mass is 632 g/mol. The zero-order valence-corrected chi connectivity index (χ0v) is 25.7. The van der Waals surface area contributed by atoms with Crippen molar-refractivity contribution in [3.8, 4) is 28.4 Å². The van der Waals surface area contributed by atoms with Crippen LogP contribution < -0.4 is 15.3 Å². The third kappa shape index (κ3) is 4.69. The average Bonchev–Trinajstić information content (AvgIpc) is 2.96. The molecular weight excluding hydrogens is 600 g/mol. The molecule has 2 aliphatic heterocycles. The summed E-state index contributed by atoms with van der Waals surface area (Å²) in [6.07, 6.45) is 2.19. The lowest BCUT2D eigenvalue weighted by atomic mass is 9.99. The van der Waals surface area contributed by atoms with Gasteiger partial charge in [0.05, 0.1) is 22.3 Å². The van der Waals surface area contributed by atoms with E-state index in [0.29, 0.717) is 70.9 Å². The van der Waals surface area contributed by atoms with E-state index in [2.05, 4.69) is 30.8 Å². The van der Waals surface area contributed by atoms with Crippen molar-refractivity contribution in [3.05, 3.63) is 63.8 Å². The van der Waals surface area contributed by atoms with Gasteiger partial charge >= 0.3 is 5.69 Å². The zero-order valence-electron chi connectivity index (χ0n) is 24.1. The lowest BCUT2D eigenvalue weighted by Gasteiger charge is -2.41. The van der Waals surface area contributed by atoms with Crippen LogP contribution in [-0.2, 0) is 11.4 Å². The Kier molecular flexibility index (Phi) is 7.38. The first-order valence-electron chi connectivity index (χ1n) is 14.2. The van der Waals surface area contributed by atoms with E-state index < -0.39 is 5.69 Å². The van der Waals surface area contributed by atoms with Gasteiger partial charge < -0.3 is 19.6 Å². The Hall–Kier alpha value is -3.99. The first kappa shape index (κ1) is 28.1. The number of hydrogen-bond acceptors (Lipinski definition) is 8. The molecule has 0 aliphatic carbocycles. The number of aromatic nitrogens is 4. The predicted molar refractivity (Wildman–Crippen MR) is 165 cm³/mol. The van der Waals surface area contributed by atoms with Crippen molar-refractivity contribution in [3.63, 3.8) is 0 Å². The Labute approximate surface area is 252 Å². The number of rotatable bonds is 5. The number of carbonyl (C=O) groups excluding carboxylic acids is 1. The van der Waals surface area contributed by atoms with E-state index in [9.17, 15) is 14.7 Å². The lowest BCUT2D eigenvalue weighted by molar-refractivity contribution is -0.131. The molecule has 6 rings (SSSR count). The third-order valence-corrected chi connectivity index (χ3v) is 8.44. The molecule has 1 N–H and O–H groups in total. The van der Waals surface area contributed by atoms with Gasteiger partial charge in [-0.25, -0.2) is 14.3 Å². The van der Waals surface area contributed by atoms with Crippen LogP contribution in [0, 0.1) is 6.92 Å². The highest BCUT2D eigenvalue weighted by Gasteiger charge is 2.32. The van der Waals surface area contributed by atoms with Gasteiger partial charge in [0.25, 0.3) is 0 Å². The SMILES string of the molecule is Cc1ccnc(C(C)C)c1-n1c(=O)nc(N2CCN(C(=O)CCBr)C[C@@H]2C)c2cc3c(nc21)-c1c(O)cccc1CO3. The van der Waals surface area contributed by atoms with Gasteiger partial charge in [-0.05, 0) is 43.5 Å². The van der Waals surface area contributed by atoms with Gasteiger partial charge in [0.15, 0.2) is 5.65 Å². The van der Waals surface area contributed by atoms with Crippen molar-refractivity contribution >= 4 is 38.7 Å². The van der Waals surface area contributed by atoms with Crippen LogP contribution in [0.15, 0.2) is 41.3 Å². The van der Waals surface area contributed by atoms with Crippen molar-refractivity contribution in [1.82, 2.24) is 24.4 Å². The molecule has 42 heavy (non-hydrogen) atoms. The van der Waals surface area contributed by atoms with Crippen LogP contribution in [0.4, 0.5) is 5.82 Å². The summed E-state index contributed by atoms with van der Waals surface area (Å²) in [6, 6.07) is 8.97. The summed E-state index contributed by atoms with van der Waals surface area (Å²) >= 11 is 3.36. The number of fused-ring (bicyclic) bond motifs is 4. The lowest BCUT2D eigenvalue weighted by Crippen LogP contribution is -2.54. The van der Waals surface area contributed by atoms with E-state index in [1.165, 1.54) is 0 Å². The fourth-order valence-electron chi connectivity index (χ4n) is 5.98. The number of nitrogens with zero attached hydrogens (tertiary/aromatic N) is 6. The van der Waals surface area contributed by atoms with Crippen LogP contribution in [0.2, 0.25) is 0 Å². The molecule has 11 heteroatoms. The highest BCUT2D eigenvalue weighted by atomic mass is 79.9. The molecule has 10 nitrogen and oxygen atoms in total. The van der Waals surface area contributed by atoms with E-state index >= 15 is 0 Å². The van der Waals surface area contributed by atoms with Crippen LogP contribution in [0.5, 0.6) is 11.5 Å². The zero-order chi connectivity index (χ0) is 29.7. The number of aromatic hydroxyl groups is 1. The van der Waals surface area contributed by atoms with E-state index in [-0.39, 0.29) is 30.2 Å². The molecule has 0 radical (unpaired) electrons. The van der Waals surface area contributed by atoms with E-state index in [0.717, 1.165) is 16.8 Å². The highest BCUT2D eigenvalue weighted by molar-refractivity contribution is 9.09. The molecule has 218 valence electrons. The number of ether oxygens (including phenoxy) is 1. The van der Waals surface area contributed by atoms with Crippen LogP contribution in [0.1, 0.15) is 49.9 Å². The number of aryl methyl sites for hydroxylation is 1. The molecule has 0 saturated carbocycles. The van der Waals surface area contributed by atoms with Crippen LogP contribution in [0.3, 0.4) is 0 Å². The summed E-state index contributed by atoms with van der Waals surface area (Å²) in [5, 5.41) is 12.1. The first-order chi connectivity index (χ1) is 20.2. The maximum atomic E-state index is 14.1. The summed E-state index contributed by atoms with van der Waals surface area (Å²) in [5.41, 5.74) is 4.11. The molecule has 1 fully saturated rings. The Morgan fingerprint density at radius 3 is 2.76 bits per heavy atom. The van der Waals surface area contributed by atoms with Crippen molar-refractivity contribution in [2.24, 2.45) is 0 Å². The van der Waals surface area contributed by atoms with Gasteiger partial charge in [-0.1, -0.05) is 41.9 Å². The second-order valence-electron chi connectivity index (χ2n) is 11.2. The van der Waals surface area contributed by atoms with Crippen molar-refractivity contribution in [2.45, 2.75) is 52.7 Å². The van der Waals surface area contributed by atoms with Gasteiger partial charge in [-0.15, -0.1) is 0 Å². The quantitative estimate of drug-likeness (QED) is 0.315. The van der Waals surface area contributed by atoms with Gasteiger partial charge in [0.1, 0.15) is 29.6 Å². The Morgan fingerprint density at radius 1 is 1.21 bits per heavy atom. The van der Waals surface area contributed by atoms with Crippen molar-refractivity contribution in [1.29, 1.82) is 0 Å². The number of phenolic OH excluding ortho intramolecular Hbond substituents is 1. The fraction of sp³-hybridized carbons (Fsp3) is 0.387. The second kappa shape index (κ2) is 11.0. The van der Waals surface area contributed by atoms with Crippen LogP contribution >= 0.6 is 15.9 Å². The molecule has 5 heterocycles. The standard InChI is InChI=1S/C31H33BrN6O4/c1-17(2)26-28(18(3)9-11-33-26)38-30-21(14-23-27(34-30)25-20(16-42-23)6-5-7-22(25)39)29(35-31(38)41)37-13-12-36(15-19(37)4)24(40)8-10-32/h5-7,9,11,14,17,19,39H,8,10,12-13,15-16H2,1-4H3/t19-/m0/s1. The molecule has 3 aromatic heterocycles. The number of pyridine rings is 2. The Balaban J connectivity index is 1.61. The van der Waals surface area contributed by atoms with Crippen molar-refractivity contribution in [2.75, 3.05) is 29.9 Å². The van der Waals surface area contributed by atoms with E-state index in [1.54, 1.807) is 22.9 Å². The number of phenols is 1. The number of hydrogen-bond donors (Lipinski definition) is 1. The molecule has 0 unspecified atom stereocenters.